The molecule has 0 aromatic carbocycles. The number of carbonyl (C=O) groups is 2. The molecule has 39 heavy (non-hydrogen) atoms. The van der Waals surface area contributed by atoms with Gasteiger partial charge in [0.2, 0.25) is 11.6 Å². The van der Waals surface area contributed by atoms with E-state index in [-0.39, 0.29) is 47.3 Å². The van der Waals surface area contributed by atoms with Gasteiger partial charge in [0.05, 0.1) is 26.9 Å². The first-order valence-electron chi connectivity index (χ1n) is 13.6. The summed E-state index contributed by atoms with van der Waals surface area (Å²) in [5.74, 6) is -1.24. The molecule has 0 amide bonds. The first-order chi connectivity index (χ1) is 18.4. The Labute approximate surface area is 227 Å². The summed E-state index contributed by atoms with van der Waals surface area (Å²) in [4.78, 5) is 28.0. The number of ether oxygens (including phenoxy) is 5. The third-order valence-electron chi connectivity index (χ3n) is 10.3. The Hall–Kier alpha value is -1.86. The minimum Gasteiger partial charge on any atom is -0.493 e. The highest BCUT2D eigenvalue weighted by Gasteiger charge is 2.71. The molecule has 0 radical (unpaired) electrons. The van der Waals surface area contributed by atoms with Crippen molar-refractivity contribution in [3.05, 3.63) is 23.2 Å². The number of ketones is 2. The van der Waals surface area contributed by atoms with Gasteiger partial charge in [0.25, 0.3) is 0 Å². The van der Waals surface area contributed by atoms with Crippen molar-refractivity contribution in [1.29, 1.82) is 0 Å². The highest BCUT2D eigenvalue weighted by atomic mass is 16.8. The lowest BCUT2D eigenvalue weighted by Gasteiger charge is -2.65. The highest BCUT2D eigenvalue weighted by molar-refractivity contribution is 6.07. The van der Waals surface area contributed by atoms with Crippen molar-refractivity contribution in [2.75, 3.05) is 20.8 Å². The number of fused-ring (bicyclic) bond motifs is 2. The Balaban J connectivity index is 1.55. The standard InChI is InChI=1S/C28H40O11/c1-11-7-15(35-5)25(34)28(4)13(11)8-17-27(3)14(12(2)23(36-6)22(33)24(27)28)9-18(38-17)39-26-21(32)20(31)19(30)16(10-29)37-26/h7,11,13-14,16-21,24,26,29-32H,8-10H2,1-6H3/t11-,13+,14?,16-,17?,18?,19-,20+,21-,24+,26+,27?,28?/m1/s1. The maximum Gasteiger partial charge on any atom is 0.203 e. The summed E-state index contributed by atoms with van der Waals surface area (Å²) in [6, 6.07) is 0. The van der Waals surface area contributed by atoms with Gasteiger partial charge in [-0.1, -0.05) is 20.8 Å². The minimum absolute atomic E-state index is 0.0770. The summed E-state index contributed by atoms with van der Waals surface area (Å²) >= 11 is 0. The normalized spacial score (nSPS) is 49.7. The molecule has 13 atom stereocenters. The van der Waals surface area contributed by atoms with Gasteiger partial charge in [-0.3, -0.25) is 9.59 Å². The van der Waals surface area contributed by atoms with Gasteiger partial charge in [0.15, 0.2) is 24.1 Å². The van der Waals surface area contributed by atoms with E-state index >= 15 is 0 Å². The molecule has 0 aromatic rings. The molecule has 1 saturated carbocycles. The molecule has 218 valence electrons. The maximum absolute atomic E-state index is 14.1. The molecule has 11 nitrogen and oxygen atoms in total. The van der Waals surface area contributed by atoms with E-state index in [4.69, 9.17) is 23.7 Å². The summed E-state index contributed by atoms with van der Waals surface area (Å²) < 4.78 is 29.2. The van der Waals surface area contributed by atoms with Crippen molar-refractivity contribution in [2.45, 2.75) is 83.6 Å². The summed E-state index contributed by atoms with van der Waals surface area (Å²) in [6.45, 7) is 7.14. The molecule has 5 rings (SSSR count). The minimum atomic E-state index is -1.58. The molecular formula is C28H40O11. The van der Waals surface area contributed by atoms with Crippen LogP contribution in [0.3, 0.4) is 0 Å². The molecule has 2 aliphatic heterocycles. The van der Waals surface area contributed by atoms with Gasteiger partial charge >= 0.3 is 0 Å². The van der Waals surface area contributed by atoms with Crippen LogP contribution in [0.25, 0.3) is 0 Å². The van der Waals surface area contributed by atoms with Gasteiger partial charge in [-0.25, -0.2) is 0 Å². The lowest BCUT2D eigenvalue weighted by molar-refractivity contribution is -0.364. The second-order valence-electron chi connectivity index (χ2n) is 12.1. The van der Waals surface area contributed by atoms with Crippen LogP contribution >= 0.6 is 0 Å². The van der Waals surface area contributed by atoms with E-state index in [0.717, 1.165) is 5.57 Å². The van der Waals surface area contributed by atoms with Gasteiger partial charge in [-0.05, 0) is 42.7 Å². The zero-order valence-electron chi connectivity index (χ0n) is 23.2. The van der Waals surface area contributed by atoms with Crippen LogP contribution in [0.2, 0.25) is 0 Å². The Kier molecular flexibility index (Phi) is 7.28. The number of hydrogen-bond donors (Lipinski definition) is 4. The van der Waals surface area contributed by atoms with E-state index in [1.165, 1.54) is 14.2 Å². The number of rotatable bonds is 5. The Morgan fingerprint density at radius 1 is 1.03 bits per heavy atom. The Bertz CT molecular complexity index is 1080. The number of carbonyl (C=O) groups excluding carboxylic acids is 2. The molecule has 2 saturated heterocycles. The van der Waals surface area contributed by atoms with E-state index in [2.05, 4.69) is 0 Å². The fourth-order valence-corrected chi connectivity index (χ4v) is 8.37. The molecule has 0 bridgehead atoms. The maximum atomic E-state index is 14.1. The predicted octanol–water partition coefficient (Wildman–Crippen LogP) is 0.435. The zero-order chi connectivity index (χ0) is 28.6. The van der Waals surface area contributed by atoms with Crippen molar-refractivity contribution in [3.63, 3.8) is 0 Å². The summed E-state index contributed by atoms with van der Waals surface area (Å²) in [5, 5.41) is 40.5. The monoisotopic (exact) mass is 552 g/mol. The van der Waals surface area contributed by atoms with Crippen molar-refractivity contribution in [1.82, 2.24) is 0 Å². The van der Waals surface area contributed by atoms with Crippen LogP contribution in [0.15, 0.2) is 23.2 Å². The molecule has 4 N–H and O–H groups in total. The smallest absolute Gasteiger partial charge is 0.203 e. The summed E-state index contributed by atoms with van der Waals surface area (Å²) in [5.41, 5.74) is -1.08. The van der Waals surface area contributed by atoms with Crippen LogP contribution in [0.4, 0.5) is 0 Å². The van der Waals surface area contributed by atoms with Crippen molar-refractivity contribution in [3.8, 4) is 0 Å². The quantitative estimate of drug-likeness (QED) is 0.374. The van der Waals surface area contributed by atoms with Gasteiger partial charge < -0.3 is 44.1 Å². The lowest BCUT2D eigenvalue weighted by Crippen LogP contribution is -2.70. The van der Waals surface area contributed by atoms with Gasteiger partial charge in [0.1, 0.15) is 24.4 Å². The van der Waals surface area contributed by atoms with E-state index in [9.17, 15) is 30.0 Å². The van der Waals surface area contributed by atoms with Crippen LogP contribution in [0, 0.1) is 34.5 Å². The first kappa shape index (κ1) is 28.7. The van der Waals surface area contributed by atoms with Crippen LogP contribution in [-0.4, -0.2) is 95.9 Å². The number of aliphatic hydroxyl groups excluding tert-OH is 4. The van der Waals surface area contributed by atoms with Gasteiger partial charge in [-0.15, -0.1) is 0 Å². The summed E-state index contributed by atoms with van der Waals surface area (Å²) in [7, 11) is 2.92. The third-order valence-corrected chi connectivity index (χ3v) is 10.3. The highest BCUT2D eigenvalue weighted by Crippen LogP contribution is 2.67. The van der Waals surface area contributed by atoms with Crippen molar-refractivity contribution >= 4 is 11.6 Å². The molecule has 3 fully saturated rings. The van der Waals surface area contributed by atoms with Crippen molar-refractivity contribution < 1.29 is 53.7 Å². The van der Waals surface area contributed by atoms with Crippen molar-refractivity contribution in [2.24, 2.45) is 34.5 Å². The molecule has 11 heteroatoms. The number of hydrogen-bond acceptors (Lipinski definition) is 11. The fourth-order valence-electron chi connectivity index (χ4n) is 8.37. The number of Topliss-reactive ketones (excluding diaryl/α,β-unsaturated/α-hetero) is 2. The Morgan fingerprint density at radius 3 is 2.33 bits per heavy atom. The van der Waals surface area contributed by atoms with Crippen LogP contribution in [0.1, 0.15) is 40.5 Å². The average molecular weight is 553 g/mol. The molecule has 0 spiro atoms. The Morgan fingerprint density at radius 2 is 1.72 bits per heavy atom. The van der Waals surface area contributed by atoms with E-state index < -0.39 is 66.5 Å². The second kappa shape index (κ2) is 9.90. The van der Waals surface area contributed by atoms with E-state index in [0.29, 0.717) is 6.42 Å². The third kappa shape index (κ3) is 3.88. The number of aliphatic hydroxyl groups is 4. The van der Waals surface area contributed by atoms with Gasteiger partial charge in [-0.2, -0.15) is 0 Å². The van der Waals surface area contributed by atoms with Crippen LogP contribution in [-0.2, 0) is 33.3 Å². The predicted molar refractivity (Wildman–Crippen MR) is 133 cm³/mol. The summed E-state index contributed by atoms with van der Waals surface area (Å²) in [6.07, 6.45) is -5.98. The first-order valence-corrected chi connectivity index (χ1v) is 13.6. The largest absolute Gasteiger partial charge is 0.493 e. The lowest BCUT2D eigenvalue weighted by atomic mass is 9.40. The zero-order valence-corrected chi connectivity index (χ0v) is 23.2. The van der Waals surface area contributed by atoms with Crippen LogP contribution < -0.4 is 0 Å². The average Bonchev–Trinajstić information content (AvgIpc) is 2.90. The molecule has 5 aliphatic rings. The molecular weight excluding hydrogens is 512 g/mol. The van der Waals surface area contributed by atoms with E-state index in [1.807, 2.05) is 33.8 Å². The topological polar surface area (TPSA) is 161 Å². The van der Waals surface area contributed by atoms with E-state index in [1.54, 1.807) is 0 Å². The fraction of sp³-hybridized carbons (Fsp3) is 0.786. The van der Waals surface area contributed by atoms with Gasteiger partial charge in [0, 0.05) is 23.2 Å². The molecule has 2 heterocycles. The SMILES string of the molecule is COC1=C[C@@H](C)[C@@H]2CC3OC(O[C@@H]4O[C@H](CO)[C@@H](O)[C@H](O)[C@H]4O)CC4C(C)=C(OC)C(=O)[C@@H](C34C)C2(C)C1=O. The second-order valence-corrected chi connectivity index (χ2v) is 12.1. The molecule has 0 aromatic heterocycles. The number of allylic oxidation sites excluding steroid dienone is 4. The number of methoxy groups -OCH3 is 2. The molecule has 3 aliphatic carbocycles. The molecule has 5 unspecified atom stereocenters. The van der Waals surface area contributed by atoms with Crippen LogP contribution in [0.5, 0.6) is 0 Å².